The third-order valence-electron chi connectivity index (χ3n) is 6.51. The van der Waals surface area contributed by atoms with E-state index in [1.165, 1.54) is 12.4 Å². The minimum Gasteiger partial charge on any atom is -0.491 e. The highest BCUT2D eigenvalue weighted by Gasteiger charge is 2.23. The highest BCUT2D eigenvalue weighted by molar-refractivity contribution is 7.89. The Bertz CT molecular complexity index is 1480. The van der Waals surface area contributed by atoms with Crippen molar-refractivity contribution < 1.29 is 35.6 Å². The van der Waals surface area contributed by atoms with E-state index < -0.39 is 20.1 Å². The largest absolute Gasteiger partial charge is 0.491 e. The summed E-state index contributed by atoms with van der Waals surface area (Å²) in [6, 6.07) is 5.64. The van der Waals surface area contributed by atoms with Crippen LogP contribution in [-0.4, -0.2) is 77.8 Å². The van der Waals surface area contributed by atoms with Crippen LogP contribution in [0, 0.1) is 6.92 Å². The van der Waals surface area contributed by atoms with Gasteiger partial charge in [-0.05, 0) is 57.2 Å². The first kappa shape index (κ1) is 29.5. The van der Waals surface area contributed by atoms with Gasteiger partial charge in [-0.3, -0.25) is 4.55 Å². The van der Waals surface area contributed by atoms with Crippen molar-refractivity contribution in [2.75, 3.05) is 25.2 Å². The number of ether oxygens (including phenoxy) is 3. The standard InChI is InChI=1S/C25H35N4O8S2/c1-4-20(11-14-39(32,33)34)35-13-10-18(2)37-21-8-9-23-22(15-21)25(19-16-26-28(17-19)38(3,30)31)27-29(23)24-7-5-6-12-36-24/h8-9,15-18,20,24H,1,4-7,10-14H2,2-3H3,(H,32,33,34)/t18-,20+,24?/m1/s1. The second-order valence-corrected chi connectivity index (χ2v) is 13.1. The number of hydrogen-bond donors (Lipinski definition) is 1. The SMILES string of the molecule is [CH2]C[C@@H](CCS(=O)(=O)O)OCC[C@@H](C)Oc1ccc2c(c1)c(-c1cnn(S(C)(=O)=O)c1)nn2C1CCCCO1. The molecule has 215 valence electrons. The van der Waals surface area contributed by atoms with Crippen LogP contribution in [0.15, 0.2) is 30.6 Å². The van der Waals surface area contributed by atoms with Gasteiger partial charge >= 0.3 is 0 Å². The van der Waals surface area contributed by atoms with Gasteiger partial charge in [0.05, 0.1) is 48.7 Å². The fourth-order valence-corrected chi connectivity index (χ4v) is 5.52. The van der Waals surface area contributed by atoms with Crippen molar-refractivity contribution in [3.8, 4) is 17.0 Å². The summed E-state index contributed by atoms with van der Waals surface area (Å²) in [5.41, 5.74) is 1.97. The van der Waals surface area contributed by atoms with E-state index in [0.29, 0.717) is 43.1 Å². The summed E-state index contributed by atoms with van der Waals surface area (Å²) < 4.78 is 75.5. The molecule has 0 bridgehead atoms. The zero-order valence-electron chi connectivity index (χ0n) is 22.1. The van der Waals surface area contributed by atoms with Gasteiger partial charge in [0.15, 0.2) is 6.23 Å². The van der Waals surface area contributed by atoms with Gasteiger partial charge in [0.25, 0.3) is 20.1 Å². The Labute approximate surface area is 229 Å². The normalized spacial score (nSPS) is 18.3. The minimum absolute atomic E-state index is 0.168. The van der Waals surface area contributed by atoms with E-state index in [9.17, 15) is 16.8 Å². The molecule has 0 saturated carbocycles. The number of rotatable bonds is 13. The zero-order valence-corrected chi connectivity index (χ0v) is 23.7. The van der Waals surface area contributed by atoms with Crippen LogP contribution in [0.3, 0.4) is 0 Å². The molecule has 1 aliphatic heterocycles. The van der Waals surface area contributed by atoms with Crippen molar-refractivity contribution in [3.05, 3.63) is 37.5 Å². The number of nitrogens with zero attached hydrogens (tertiary/aromatic N) is 4. The highest BCUT2D eigenvalue weighted by atomic mass is 32.2. The van der Waals surface area contributed by atoms with Gasteiger partial charge in [0.2, 0.25) is 0 Å². The highest BCUT2D eigenvalue weighted by Crippen LogP contribution is 2.35. The van der Waals surface area contributed by atoms with Gasteiger partial charge in [-0.25, -0.2) is 13.1 Å². The molecule has 1 radical (unpaired) electrons. The molecule has 0 spiro atoms. The third kappa shape index (κ3) is 7.78. The third-order valence-corrected chi connectivity index (χ3v) is 8.15. The van der Waals surface area contributed by atoms with Gasteiger partial charge in [0, 0.05) is 24.0 Å². The van der Waals surface area contributed by atoms with Crippen molar-refractivity contribution >= 4 is 31.0 Å². The van der Waals surface area contributed by atoms with E-state index in [4.69, 9.17) is 23.9 Å². The Morgan fingerprint density at radius 2 is 2.03 bits per heavy atom. The molecular weight excluding hydrogens is 548 g/mol. The quantitative estimate of drug-likeness (QED) is 0.296. The number of fused-ring (bicyclic) bond motifs is 1. The van der Waals surface area contributed by atoms with E-state index in [-0.39, 0.29) is 30.6 Å². The van der Waals surface area contributed by atoms with Crippen molar-refractivity contribution in [1.82, 2.24) is 19.0 Å². The van der Waals surface area contributed by atoms with Gasteiger partial charge < -0.3 is 14.2 Å². The lowest BCUT2D eigenvalue weighted by atomic mass is 10.1. The molecule has 1 saturated heterocycles. The first-order chi connectivity index (χ1) is 18.4. The maximum atomic E-state index is 12.0. The van der Waals surface area contributed by atoms with Crippen LogP contribution in [0.1, 0.15) is 51.7 Å². The average Bonchev–Trinajstić information content (AvgIpc) is 3.51. The molecule has 12 nitrogen and oxygen atoms in total. The molecule has 3 aromatic rings. The fraction of sp³-hybridized carbons (Fsp3) is 0.560. The molecule has 0 aliphatic carbocycles. The van der Waals surface area contributed by atoms with Gasteiger partial charge in [-0.2, -0.15) is 22.7 Å². The predicted octanol–water partition coefficient (Wildman–Crippen LogP) is 3.45. The number of benzene rings is 1. The smallest absolute Gasteiger partial charge is 0.264 e. The Morgan fingerprint density at radius 1 is 1.23 bits per heavy atom. The molecule has 39 heavy (non-hydrogen) atoms. The van der Waals surface area contributed by atoms with E-state index in [1.54, 1.807) is 0 Å². The molecule has 1 unspecified atom stereocenters. The predicted molar refractivity (Wildman–Crippen MR) is 145 cm³/mol. The molecule has 4 rings (SSSR count). The van der Waals surface area contributed by atoms with Crippen LogP contribution < -0.4 is 4.74 Å². The Morgan fingerprint density at radius 3 is 2.67 bits per heavy atom. The van der Waals surface area contributed by atoms with Crippen LogP contribution in [-0.2, 0) is 29.6 Å². The van der Waals surface area contributed by atoms with Crippen molar-refractivity contribution in [2.24, 2.45) is 0 Å². The molecule has 3 heterocycles. The van der Waals surface area contributed by atoms with E-state index in [0.717, 1.165) is 40.5 Å². The molecule has 0 amide bonds. The molecule has 3 atom stereocenters. The van der Waals surface area contributed by atoms with Gasteiger partial charge in [-0.15, -0.1) is 0 Å². The maximum absolute atomic E-state index is 12.0. The zero-order chi connectivity index (χ0) is 28.2. The summed E-state index contributed by atoms with van der Waals surface area (Å²) in [5.74, 6) is 0.237. The fourth-order valence-electron chi connectivity index (χ4n) is 4.43. The van der Waals surface area contributed by atoms with Crippen molar-refractivity contribution in [3.63, 3.8) is 0 Å². The molecular formula is C25H35N4O8S2. The maximum Gasteiger partial charge on any atom is 0.264 e. The summed E-state index contributed by atoms with van der Waals surface area (Å²) in [7, 11) is -7.59. The van der Waals surface area contributed by atoms with E-state index >= 15 is 0 Å². The monoisotopic (exact) mass is 583 g/mol. The summed E-state index contributed by atoms with van der Waals surface area (Å²) in [5, 5.41) is 9.59. The van der Waals surface area contributed by atoms with E-state index in [1.807, 2.05) is 29.8 Å². The summed E-state index contributed by atoms with van der Waals surface area (Å²) in [4.78, 5) is 0. The van der Waals surface area contributed by atoms with Crippen molar-refractivity contribution in [2.45, 2.75) is 63.9 Å². The Hall–Kier alpha value is -2.52. The van der Waals surface area contributed by atoms with Crippen LogP contribution in [0.5, 0.6) is 5.75 Å². The molecule has 1 fully saturated rings. The number of hydrogen-bond acceptors (Lipinski definition) is 9. The Kier molecular flexibility index (Phi) is 9.32. The Balaban J connectivity index is 1.52. The molecule has 2 aromatic heterocycles. The summed E-state index contributed by atoms with van der Waals surface area (Å²) in [6.07, 6.45) is 7.14. The van der Waals surface area contributed by atoms with E-state index in [2.05, 4.69) is 12.0 Å². The first-order valence-corrected chi connectivity index (χ1v) is 16.3. The van der Waals surface area contributed by atoms with Crippen molar-refractivity contribution in [1.29, 1.82) is 0 Å². The molecule has 1 aliphatic rings. The lowest BCUT2D eigenvalue weighted by Gasteiger charge is -2.23. The van der Waals surface area contributed by atoms with Gasteiger partial charge in [0.1, 0.15) is 11.4 Å². The van der Waals surface area contributed by atoms with Crippen LogP contribution in [0.4, 0.5) is 0 Å². The molecule has 14 heteroatoms. The molecule has 1 N–H and O–H groups in total. The van der Waals surface area contributed by atoms with Gasteiger partial charge in [-0.1, -0.05) is 6.92 Å². The first-order valence-electron chi connectivity index (χ1n) is 12.9. The lowest BCUT2D eigenvalue weighted by molar-refractivity contribution is -0.0365. The lowest BCUT2D eigenvalue weighted by Crippen LogP contribution is -2.21. The number of aromatic nitrogens is 4. The van der Waals surface area contributed by atoms with Crippen LogP contribution in [0.25, 0.3) is 22.2 Å². The van der Waals surface area contributed by atoms with Crippen LogP contribution in [0.2, 0.25) is 0 Å². The minimum atomic E-state index is -4.05. The second kappa shape index (κ2) is 12.3. The summed E-state index contributed by atoms with van der Waals surface area (Å²) >= 11 is 0. The molecule has 1 aromatic carbocycles. The van der Waals surface area contributed by atoms with Crippen LogP contribution >= 0.6 is 0 Å². The average molecular weight is 584 g/mol. The summed E-state index contributed by atoms with van der Waals surface area (Å²) in [6.45, 7) is 6.67. The topological polar surface area (TPSA) is 152 Å². The second-order valence-electron chi connectivity index (χ2n) is 9.73.